The van der Waals surface area contributed by atoms with Gasteiger partial charge in [0.1, 0.15) is 0 Å². The third-order valence-electron chi connectivity index (χ3n) is 4.03. The number of hydrogen-bond acceptors (Lipinski definition) is 1. The summed E-state index contributed by atoms with van der Waals surface area (Å²) >= 11 is 0. The van der Waals surface area contributed by atoms with Crippen molar-refractivity contribution in [2.75, 3.05) is 6.61 Å². The summed E-state index contributed by atoms with van der Waals surface area (Å²) in [6, 6.07) is 3.14. The van der Waals surface area contributed by atoms with Gasteiger partial charge in [-0.1, -0.05) is 50.7 Å². The lowest BCUT2D eigenvalue weighted by atomic mass is 9.99. The molecule has 6 heteroatoms. The van der Waals surface area contributed by atoms with Crippen LogP contribution >= 0.6 is 0 Å². The Morgan fingerprint density at radius 1 is 0.625 bits per heavy atom. The molecule has 24 heavy (non-hydrogen) atoms. The van der Waals surface area contributed by atoms with Gasteiger partial charge in [-0.05, 0) is 25.0 Å². The van der Waals surface area contributed by atoms with Crippen molar-refractivity contribution in [2.45, 2.75) is 69.9 Å². The molecule has 0 aliphatic rings. The van der Waals surface area contributed by atoms with Crippen LogP contribution in [0.5, 0.6) is 0 Å². The van der Waals surface area contributed by atoms with Crippen LogP contribution in [0.2, 0.25) is 0 Å². The second-order valence-electron chi connectivity index (χ2n) is 6.08. The van der Waals surface area contributed by atoms with Gasteiger partial charge in [0, 0.05) is 18.6 Å². The molecule has 1 N–H and O–H groups in total. The lowest BCUT2D eigenvalue weighted by Crippen LogP contribution is -2.14. The van der Waals surface area contributed by atoms with Crippen molar-refractivity contribution in [1.82, 2.24) is 0 Å². The van der Waals surface area contributed by atoms with Gasteiger partial charge in [0.2, 0.25) is 0 Å². The number of aliphatic hydroxyl groups is 1. The third kappa shape index (κ3) is 7.60. The van der Waals surface area contributed by atoms with Crippen LogP contribution in [0.3, 0.4) is 0 Å². The Bertz CT molecular complexity index is 453. The van der Waals surface area contributed by atoms with Gasteiger partial charge >= 0.3 is 6.18 Å². The molecule has 0 bridgehead atoms. The number of hydrogen-bond donors (Lipinski definition) is 1. The minimum absolute atomic E-state index is 0.207. The zero-order valence-electron chi connectivity index (χ0n) is 13.7. The zero-order chi connectivity index (χ0) is 18.1. The molecule has 0 radical (unpaired) electrons. The van der Waals surface area contributed by atoms with Gasteiger partial charge < -0.3 is 5.11 Å². The minimum atomic E-state index is -4.51. The summed E-state index contributed by atoms with van der Waals surface area (Å²) in [5, 5.41) is 8.64. The minimum Gasteiger partial charge on any atom is -0.396 e. The highest BCUT2D eigenvalue weighted by molar-refractivity contribution is 5.27. The summed E-state index contributed by atoms with van der Waals surface area (Å²) in [5.74, 6) is -3.09. The molecule has 0 atom stereocenters. The van der Waals surface area contributed by atoms with E-state index in [1.165, 1.54) is 0 Å². The van der Waals surface area contributed by atoms with Crippen LogP contribution in [0.4, 0.5) is 22.0 Å². The monoisotopic (exact) mass is 352 g/mol. The lowest BCUT2D eigenvalue weighted by molar-refractivity contribution is -0.137. The Balaban J connectivity index is 2.28. The maximum absolute atomic E-state index is 14.0. The maximum atomic E-state index is 14.0. The smallest absolute Gasteiger partial charge is 0.396 e. The Hall–Kier alpha value is -1.17. The number of aliphatic hydroxyl groups excluding tert-OH is 1. The summed E-state index contributed by atoms with van der Waals surface area (Å²) in [5.41, 5.74) is -1.28. The van der Waals surface area contributed by atoms with E-state index in [1.807, 2.05) is 0 Å². The standard InChI is InChI=1S/C18H25F5O/c19-17(20,13-7-5-3-1-2-4-6-8-14-24)15-9-11-16(12-10-15)18(21,22)23/h9-12,24H,1-8,13-14H2. The van der Waals surface area contributed by atoms with Crippen molar-refractivity contribution >= 4 is 0 Å². The van der Waals surface area contributed by atoms with E-state index in [9.17, 15) is 22.0 Å². The average molecular weight is 352 g/mol. The number of rotatable bonds is 11. The molecule has 0 unspecified atom stereocenters. The van der Waals surface area contributed by atoms with Crippen molar-refractivity contribution < 1.29 is 27.1 Å². The van der Waals surface area contributed by atoms with E-state index in [-0.39, 0.29) is 18.6 Å². The Kier molecular flexibility index (Phi) is 8.67. The van der Waals surface area contributed by atoms with Gasteiger partial charge in [0.25, 0.3) is 5.92 Å². The van der Waals surface area contributed by atoms with Gasteiger partial charge in [0.05, 0.1) is 5.56 Å². The van der Waals surface area contributed by atoms with Crippen LogP contribution in [0.15, 0.2) is 24.3 Å². The summed E-state index contributed by atoms with van der Waals surface area (Å²) in [6.07, 6.45) is 1.92. The molecule has 0 heterocycles. The number of halogens is 5. The van der Waals surface area contributed by atoms with E-state index in [2.05, 4.69) is 0 Å². The van der Waals surface area contributed by atoms with Crippen LogP contribution in [0.1, 0.15) is 68.9 Å². The quantitative estimate of drug-likeness (QED) is 0.366. The molecule has 138 valence electrons. The molecular weight excluding hydrogens is 327 g/mol. The molecule has 0 spiro atoms. The van der Waals surface area contributed by atoms with Crippen molar-refractivity contribution in [2.24, 2.45) is 0 Å². The number of benzene rings is 1. The predicted molar refractivity (Wildman–Crippen MR) is 84.0 cm³/mol. The first kappa shape index (κ1) is 20.9. The van der Waals surface area contributed by atoms with Crippen LogP contribution in [0, 0.1) is 0 Å². The van der Waals surface area contributed by atoms with E-state index in [4.69, 9.17) is 5.11 Å². The topological polar surface area (TPSA) is 20.2 Å². The fourth-order valence-electron chi connectivity index (χ4n) is 2.57. The van der Waals surface area contributed by atoms with Crippen LogP contribution in [-0.4, -0.2) is 11.7 Å². The third-order valence-corrected chi connectivity index (χ3v) is 4.03. The van der Waals surface area contributed by atoms with Crippen molar-refractivity contribution in [3.63, 3.8) is 0 Å². The molecule has 1 aromatic carbocycles. The molecule has 0 aliphatic heterocycles. The number of alkyl halides is 5. The van der Waals surface area contributed by atoms with Gasteiger partial charge in [-0.15, -0.1) is 0 Å². The first-order chi connectivity index (χ1) is 11.3. The maximum Gasteiger partial charge on any atom is 0.416 e. The molecule has 0 amide bonds. The van der Waals surface area contributed by atoms with Crippen LogP contribution < -0.4 is 0 Å². The molecule has 0 fully saturated rings. The molecule has 0 aromatic heterocycles. The molecule has 0 saturated heterocycles. The number of unbranched alkanes of at least 4 members (excludes halogenated alkanes) is 7. The second kappa shape index (κ2) is 9.97. The van der Waals surface area contributed by atoms with E-state index in [1.54, 1.807) is 0 Å². The highest BCUT2D eigenvalue weighted by Gasteiger charge is 2.34. The molecular formula is C18H25F5O. The highest BCUT2D eigenvalue weighted by atomic mass is 19.4. The van der Waals surface area contributed by atoms with Gasteiger partial charge in [0.15, 0.2) is 0 Å². The van der Waals surface area contributed by atoms with Gasteiger partial charge in [-0.25, -0.2) is 8.78 Å². The molecule has 0 aliphatic carbocycles. The fraction of sp³-hybridized carbons (Fsp3) is 0.667. The normalized spacial score (nSPS) is 12.6. The SMILES string of the molecule is OCCCCCCCCCCC(F)(F)c1ccc(C(F)(F)F)cc1. The van der Waals surface area contributed by atoms with Gasteiger partial charge in [-0.2, -0.15) is 13.2 Å². The zero-order valence-corrected chi connectivity index (χ0v) is 13.7. The first-order valence-corrected chi connectivity index (χ1v) is 8.44. The van der Waals surface area contributed by atoms with E-state index in [0.29, 0.717) is 25.0 Å². The average Bonchev–Trinajstić information content (AvgIpc) is 2.52. The van der Waals surface area contributed by atoms with E-state index >= 15 is 0 Å². The Morgan fingerprint density at radius 2 is 1.04 bits per heavy atom. The Morgan fingerprint density at radius 3 is 1.50 bits per heavy atom. The second-order valence-corrected chi connectivity index (χ2v) is 6.08. The van der Waals surface area contributed by atoms with Crippen molar-refractivity contribution in [3.05, 3.63) is 35.4 Å². The van der Waals surface area contributed by atoms with E-state index < -0.39 is 17.7 Å². The molecule has 1 aromatic rings. The molecule has 1 nitrogen and oxygen atoms in total. The van der Waals surface area contributed by atoms with Crippen LogP contribution in [0.25, 0.3) is 0 Å². The highest BCUT2D eigenvalue weighted by Crippen LogP contribution is 2.36. The summed E-state index contributed by atoms with van der Waals surface area (Å²) < 4.78 is 65.3. The molecule has 1 rings (SSSR count). The fourth-order valence-corrected chi connectivity index (χ4v) is 2.57. The Labute approximate surface area is 139 Å². The van der Waals surface area contributed by atoms with Crippen LogP contribution in [-0.2, 0) is 12.1 Å². The lowest BCUT2D eigenvalue weighted by Gasteiger charge is -2.17. The summed E-state index contributed by atoms with van der Waals surface area (Å²) in [7, 11) is 0. The van der Waals surface area contributed by atoms with Crippen molar-refractivity contribution in [3.8, 4) is 0 Å². The van der Waals surface area contributed by atoms with Crippen molar-refractivity contribution in [1.29, 1.82) is 0 Å². The molecule has 0 saturated carbocycles. The predicted octanol–water partition coefficient (Wildman–Crippen LogP) is 6.30. The largest absolute Gasteiger partial charge is 0.416 e. The summed E-state index contributed by atoms with van der Waals surface area (Å²) in [6.45, 7) is 0.207. The van der Waals surface area contributed by atoms with Gasteiger partial charge in [-0.3, -0.25) is 0 Å². The summed E-state index contributed by atoms with van der Waals surface area (Å²) in [4.78, 5) is 0. The van der Waals surface area contributed by atoms with E-state index in [0.717, 1.165) is 50.7 Å². The first-order valence-electron chi connectivity index (χ1n) is 8.44.